The standard InChI is InChI=1S/C8H13N3S/c1-6(11-8(9)10-2)7-3-4-12-5-7/h3-6H,1-2H3,(H3,9,10,11). The lowest BCUT2D eigenvalue weighted by molar-refractivity contribution is 0.714. The molecule has 0 radical (unpaired) electrons. The van der Waals surface area contributed by atoms with Gasteiger partial charge in [-0.2, -0.15) is 11.3 Å². The van der Waals surface area contributed by atoms with Gasteiger partial charge in [-0.1, -0.05) is 0 Å². The number of rotatable bonds is 2. The van der Waals surface area contributed by atoms with Crippen LogP contribution < -0.4 is 11.1 Å². The summed E-state index contributed by atoms with van der Waals surface area (Å²) in [6, 6.07) is 2.31. The predicted molar refractivity (Wildman–Crippen MR) is 53.4 cm³/mol. The van der Waals surface area contributed by atoms with Gasteiger partial charge in [-0.05, 0) is 29.3 Å². The normalized spacial score (nSPS) is 14.3. The highest BCUT2D eigenvalue weighted by Gasteiger charge is 2.04. The maximum Gasteiger partial charge on any atom is 0.188 e. The summed E-state index contributed by atoms with van der Waals surface area (Å²) in [7, 11) is 1.67. The zero-order valence-electron chi connectivity index (χ0n) is 7.24. The lowest BCUT2D eigenvalue weighted by atomic mass is 10.2. The second-order valence-electron chi connectivity index (χ2n) is 2.53. The first kappa shape index (κ1) is 9.06. The fourth-order valence-electron chi connectivity index (χ4n) is 0.891. The van der Waals surface area contributed by atoms with E-state index in [1.807, 2.05) is 5.38 Å². The van der Waals surface area contributed by atoms with E-state index in [2.05, 4.69) is 28.7 Å². The molecule has 0 saturated heterocycles. The van der Waals surface area contributed by atoms with Crippen LogP contribution in [0, 0.1) is 0 Å². The van der Waals surface area contributed by atoms with E-state index in [1.165, 1.54) is 5.56 Å². The molecule has 1 unspecified atom stereocenters. The average Bonchev–Trinajstić information content (AvgIpc) is 2.56. The molecule has 0 aliphatic heterocycles. The third-order valence-electron chi connectivity index (χ3n) is 1.65. The topological polar surface area (TPSA) is 50.4 Å². The first-order valence-electron chi connectivity index (χ1n) is 3.75. The molecule has 1 aromatic heterocycles. The van der Waals surface area contributed by atoms with Gasteiger partial charge < -0.3 is 11.1 Å². The predicted octanol–water partition coefficient (Wildman–Crippen LogP) is 1.34. The molecule has 0 amide bonds. The van der Waals surface area contributed by atoms with Crippen LogP contribution in [0.3, 0.4) is 0 Å². The summed E-state index contributed by atoms with van der Waals surface area (Å²) in [5, 5.41) is 7.21. The molecule has 66 valence electrons. The number of hydrogen-bond donors (Lipinski definition) is 2. The van der Waals surface area contributed by atoms with Crippen molar-refractivity contribution in [3.63, 3.8) is 0 Å². The fourth-order valence-corrected chi connectivity index (χ4v) is 1.65. The Morgan fingerprint density at radius 2 is 2.50 bits per heavy atom. The molecule has 1 aromatic rings. The van der Waals surface area contributed by atoms with Gasteiger partial charge in [0, 0.05) is 7.05 Å². The van der Waals surface area contributed by atoms with E-state index >= 15 is 0 Å². The highest BCUT2D eigenvalue weighted by molar-refractivity contribution is 7.07. The Labute approximate surface area is 76.3 Å². The number of nitrogens with one attached hydrogen (secondary N) is 1. The van der Waals surface area contributed by atoms with E-state index in [0.717, 1.165) is 0 Å². The molecule has 0 aliphatic carbocycles. The third-order valence-corrected chi connectivity index (χ3v) is 2.35. The maximum atomic E-state index is 5.52. The molecule has 3 nitrogen and oxygen atoms in total. The molecule has 0 spiro atoms. The quantitative estimate of drug-likeness (QED) is 0.537. The van der Waals surface area contributed by atoms with Crippen molar-refractivity contribution in [2.24, 2.45) is 10.7 Å². The first-order valence-corrected chi connectivity index (χ1v) is 4.69. The van der Waals surface area contributed by atoms with Crippen LogP contribution in [0.5, 0.6) is 0 Å². The van der Waals surface area contributed by atoms with Crippen molar-refractivity contribution < 1.29 is 0 Å². The minimum absolute atomic E-state index is 0.236. The highest BCUT2D eigenvalue weighted by atomic mass is 32.1. The first-order chi connectivity index (χ1) is 5.74. The lowest BCUT2D eigenvalue weighted by Crippen LogP contribution is -2.33. The molecular weight excluding hydrogens is 170 g/mol. The molecule has 4 heteroatoms. The minimum atomic E-state index is 0.236. The summed E-state index contributed by atoms with van der Waals surface area (Å²) in [5.74, 6) is 0.480. The van der Waals surface area contributed by atoms with Crippen LogP contribution in [0.4, 0.5) is 0 Å². The molecule has 1 atom stereocenters. The summed E-state index contributed by atoms with van der Waals surface area (Å²) in [6.45, 7) is 2.06. The molecule has 0 aliphatic rings. The molecule has 0 bridgehead atoms. The molecule has 0 saturated carbocycles. The van der Waals surface area contributed by atoms with Gasteiger partial charge in [-0.15, -0.1) is 0 Å². The van der Waals surface area contributed by atoms with Crippen molar-refractivity contribution in [2.75, 3.05) is 7.05 Å². The van der Waals surface area contributed by atoms with E-state index in [9.17, 15) is 0 Å². The second-order valence-corrected chi connectivity index (χ2v) is 3.31. The summed E-state index contributed by atoms with van der Waals surface area (Å²) in [5.41, 5.74) is 6.76. The van der Waals surface area contributed by atoms with Crippen LogP contribution >= 0.6 is 11.3 Å². The Morgan fingerprint density at radius 1 is 1.75 bits per heavy atom. The summed E-state index contributed by atoms with van der Waals surface area (Å²) < 4.78 is 0. The van der Waals surface area contributed by atoms with Crippen LogP contribution in [-0.4, -0.2) is 13.0 Å². The van der Waals surface area contributed by atoms with Crippen molar-refractivity contribution in [2.45, 2.75) is 13.0 Å². The Kier molecular flexibility index (Phi) is 3.10. The third kappa shape index (κ3) is 2.23. The number of nitrogens with zero attached hydrogens (tertiary/aromatic N) is 1. The van der Waals surface area contributed by atoms with E-state index in [-0.39, 0.29) is 6.04 Å². The van der Waals surface area contributed by atoms with Crippen LogP contribution in [-0.2, 0) is 0 Å². The van der Waals surface area contributed by atoms with E-state index < -0.39 is 0 Å². The van der Waals surface area contributed by atoms with Crippen LogP contribution in [0.15, 0.2) is 21.8 Å². The molecule has 3 N–H and O–H groups in total. The molecule has 0 fully saturated rings. The van der Waals surface area contributed by atoms with Crippen LogP contribution in [0.2, 0.25) is 0 Å². The molecule has 1 heterocycles. The van der Waals surface area contributed by atoms with E-state index in [0.29, 0.717) is 5.96 Å². The van der Waals surface area contributed by atoms with Gasteiger partial charge in [0.1, 0.15) is 0 Å². The summed E-state index contributed by atoms with van der Waals surface area (Å²) in [6.07, 6.45) is 0. The number of guanidine groups is 1. The largest absolute Gasteiger partial charge is 0.370 e. The molecule has 1 rings (SSSR count). The van der Waals surface area contributed by atoms with E-state index in [4.69, 9.17) is 5.73 Å². The zero-order chi connectivity index (χ0) is 8.97. The Balaban J connectivity index is 2.55. The van der Waals surface area contributed by atoms with Gasteiger partial charge in [0.15, 0.2) is 5.96 Å². The van der Waals surface area contributed by atoms with Gasteiger partial charge in [0.2, 0.25) is 0 Å². The molecular formula is C8H13N3S. The van der Waals surface area contributed by atoms with Crippen molar-refractivity contribution >= 4 is 17.3 Å². The highest BCUT2D eigenvalue weighted by Crippen LogP contribution is 2.14. The summed E-state index contributed by atoms with van der Waals surface area (Å²) >= 11 is 1.68. The maximum absolute atomic E-state index is 5.52. The van der Waals surface area contributed by atoms with Crippen molar-refractivity contribution in [1.29, 1.82) is 0 Å². The van der Waals surface area contributed by atoms with Crippen molar-refractivity contribution in [3.05, 3.63) is 22.4 Å². The Morgan fingerprint density at radius 3 is 3.00 bits per heavy atom. The van der Waals surface area contributed by atoms with Crippen LogP contribution in [0.1, 0.15) is 18.5 Å². The van der Waals surface area contributed by atoms with Crippen molar-refractivity contribution in [3.8, 4) is 0 Å². The minimum Gasteiger partial charge on any atom is -0.370 e. The van der Waals surface area contributed by atoms with Gasteiger partial charge in [0.25, 0.3) is 0 Å². The smallest absolute Gasteiger partial charge is 0.188 e. The number of thiophene rings is 1. The number of nitrogens with two attached hydrogens (primary N) is 1. The van der Waals surface area contributed by atoms with E-state index in [1.54, 1.807) is 18.4 Å². The molecule has 0 aromatic carbocycles. The second kappa shape index (κ2) is 4.11. The number of hydrogen-bond acceptors (Lipinski definition) is 2. The van der Waals surface area contributed by atoms with Gasteiger partial charge >= 0.3 is 0 Å². The summed E-state index contributed by atoms with van der Waals surface area (Å²) in [4.78, 5) is 3.83. The number of aliphatic imine (C=N–C) groups is 1. The van der Waals surface area contributed by atoms with Gasteiger partial charge in [0.05, 0.1) is 6.04 Å². The molecule has 12 heavy (non-hydrogen) atoms. The average molecular weight is 183 g/mol. The lowest BCUT2D eigenvalue weighted by Gasteiger charge is -2.11. The van der Waals surface area contributed by atoms with Gasteiger partial charge in [-0.25, -0.2) is 0 Å². The Bertz CT molecular complexity index is 253. The fraction of sp³-hybridized carbons (Fsp3) is 0.375. The SMILES string of the molecule is CN=C(N)NC(C)c1ccsc1. The Hall–Kier alpha value is -1.03. The zero-order valence-corrected chi connectivity index (χ0v) is 8.06. The van der Waals surface area contributed by atoms with Gasteiger partial charge in [-0.3, -0.25) is 4.99 Å². The van der Waals surface area contributed by atoms with Crippen LogP contribution in [0.25, 0.3) is 0 Å². The van der Waals surface area contributed by atoms with Crippen molar-refractivity contribution in [1.82, 2.24) is 5.32 Å². The monoisotopic (exact) mass is 183 g/mol.